The van der Waals surface area contributed by atoms with Crippen molar-refractivity contribution in [3.05, 3.63) is 0 Å². The van der Waals surface area contributed by atoms with Crippen molar-refractivity contribution in [3.63, 3.8) is 0 Å². The Hall–Kier alpha value is -2.20. The van der Waals surface area contributed by atoms with Gasteiger partial charge in [-0.15, -0.1) is 0 Å². The van der Waals surface area contributed by atoms with Crippen LogP contribution in [-0.4, -0.2) is 52.8 Å². The van der Waals surface area contributed by atoms with E-state index in [1.165, 1.54) is 0 Å². The van der Waals surface area contributed by atoms with Crippen LogP contribution in [0.4, 0.5) is 11.9 Å². The third-order valence-electron chi connectivity index (χ3n) is 2.79. The molecule has 1 aromatic heterocycles. The minimum atomic E-state index is -0.640. The highest BCUT2D eigenvalue weighted by Crippen LogP contribution is 2.19. The minimum Gasteiger partial charge on any atom is -0.461 e. The molecule has 21 heavy (non-hydrogen) atoms. The number of primary amides is 1. The fourth-order valence-corrected chi connectivity index (χ4v) is 1.88. The molecule has 1 aliphatic rings. The molecule has 0 saturated carbocycles. The Bertz CT molecular complexity index is 511. The van der Waals surface area contributed by atoms with E-state index in [1.807, 2.05) is 13.8 Å². The van der Waals surface area contributed by atoms with Crippen LogP contribution in [0.1, 0.15) is 13.8 Å². The maximum Gasteiger partial charge on any atom is 0.323 e. The molecule has 0 bridgehead atoms. The molecule has 5 N–H and O–H groups in total. The van der Waals surface area contributed by atoms with Crippen LogP contribution in [0.2, 0.25) is 0 Å². The highest BCUT2D eigenvalue weighted by molar-refractivity contribution is 5.83. The van der Waals surface area contributed by atoms with Gasteiger partial charge in [-0.25, -0.2) is 5.84 Å². The Morgan fingerprint density at radius 3 is 2.86 bits per heavy atom. The van der Waals surface area contributed by atoms with Gasteiger partial charge in [-0.05, 0) is 13.8 Å². The van der Waals surface area contributed by atoms with Crippen molar-refractivity contribution < 1.29 is 14.3 Å². The summed E-state index contributed by atoms with van der Waals surface area (Å²) in [7, 11) is 0. The van der Waals surface area contributed by atoms with Crippen molar-refractivity contribution in [2.24, 2.45) is 11.6 Å². The molecule has 2 rings (SSSR count). The van der Waals surface area contributed by atoms with Gasteiger partial charge in [0.25, 0.3) is 0 Å². The van der Waals surface area contributed by atoms with Gasteiger partial charge in [-0.2, -0.15) is 15.0 Å². The van der Waals surface area contributed by atoms with Gasteiger partial charge in [0.1, 0.15) is 6.04 Å². The summed E-state index contributed by atoms with van der Waals surface area (Å²) in [6, 6.07) is -0.517. The largest absolute Gasteiger partial charge is 0.461 e. The first kappa shape index (κ1) is 15.2. The van der Waals surface area contributed by atoms with E-state index < -0.39 is 11.9 Å². The summed E-state index contributed by atoms with van der Waals surface area (Å²) < 4.78 is 10.7. The molecule has 1 amide bonds. The first-order chi connectivity index (χ1) is 10.0. The highest BCUT2D eigenvalue weighted by Gasteiger charge is 2.30. The number of hydrogen-bond donors (Lipinski definition) is 3. The molecular weight excluding hydrogens is 278 g/mol. The number of amides is 1. The molecule has 0 spiro atoms. The summed E-state index contributed by atoms with van der Waals surface area (Å²) in [5.41, 5.74) is 7.73. The summed E-state index contributed by atoms with van der Waals surface area (Å²) in [6.07, 6.45) is -0.109. The molecule has 116 valence electrons. The average molecular weight is 297 g/mol. The summed E-state index contributed by atoms with van der Waals surface area (Å²) >= 11 is 0. The number of anilines is 2. The van der Waals surface area contributed by atoms with Gasteiger partial charge in [0.05, 0.1) is 19.3 Å². The van der Waals surface area contributed by atoms with E-state index in [-0.39, 0.29) is 30.6 Å². The predicted octanol–water partition coefficient (Wildman–Crippen LogP) is -1.37. The van der Waals surface area contributed by atoms with Crippen LogP contribution in [0.3, 0.4) is 0 Å². The molecule has 10 nitrogen and oxygen atoms in total. The van der Waals surface area contributed by atoms with Crippen molar-refractivity contribution in [2.75, 3.05) is 30.1 Å². The van der Waals surface area contributed by atoms with Crippen LogP contribution in [0.5, 0.6) is 6.01 Å². The molecule has 1 saturated heterocycles. The Morgan fingerprint density at radius 1 is 1.48 bits per heavy atom. The Labute approximate surface area is 121 Å². The highest BCUT2D eigenvalue weighted by atomic mass is 16.5. The Balaban J connectivity index is 2.33. The minimum absolute atomic E-state index is 0.109. The average Bonchev–Trinajstić information content (AvgIpc) is 2.46. The third kappa shape index (κ3) is 3.67. The summed E-state index contributed by atoms with van der Waals surface area (Å²) in [5, 5.41) is 0. The smallest absolute Gasteiger partial charge is 0.323 e. The molecule has 1 aromatic rings. The summed E-state index contributed by atoms with van der Waals surface area (Å²) in [5.74, 6) is 5.25. The van der Waals surface area contributed by atoms with Gasteiger partial charge in [-0.3, -0.25) is 10.2 Å². The lowest BCUT2D eigenvalue weighted by Gasteiger charge is -2.33. The van der Waals surface area contributed by atoms with E-state index in [2.05, 4.69) is 20.4 Å². The number of nitrogens with one attached hydrogen (secondary N) is 1. The SMILES string of the molecule is CC(C)Oc1nc(NN)nc(N2CCOCC2C(N)=O)n1. The lowest BCUT2D eigenvalue weighted by Crippen LogP contribution is -2.53. The van der Waals surface area contributed by atoms with E-state index >= 15 is 0 Å². The molecule has 0 aliphatic carbocycles. The van der Waals surface area contributed by atoms with Gasteiger partial charge < -0.3 is 20.1 Å². The molecule has 1 atom stereocenters. The Morgan fingerprint density at radius 2 is 2.24 bits per heavy atom. The van der Waals surface area contributed by atoms with Crippen LogP contribution < -0.4 is 26.6 Å². The quantitative estimate of drug-likeness (QED) is 0.443. The second kappa shape index (κ2) is 6.50. The van der Waals surface area contributed by atoms with Crippen molar-refractivity contribution in [1.82, 2.24) is 15.0 Å². The molecular formula is C11H19N7O3. The van der Waals surface area contributed by atoms with Gasteiger partial charge in [0.15, 0.2) is 0 Å². The molecule has 1 aliphatic heterocycles. The number of nitrogens with zero attached hydrogens (tertiary/aromatic N) is 4. The van der Waals surface area contributed by atoms with Crippen LogP contribution in [0.25, 0.3) is 0 Å². The predicted molar refractivity (Wildman–Crippen MR) is 74.5 cm³/mol. The standard InChI is InChI=1S/C11H19N7O3/c1-6(2)21-11-15-9(17-13)14-10(16-11)18-3-4-20-5-7(18)8(12)19/h6-7H,3-5,13H2,1-2H3,(H2,12,19)(H,14,15,16,17). The van der Waals surface area contributed by atoms with E-state index in [4.69, 9.17) is 21.1 Å². The number of morpholine rings is 1. The maximum atomic E-state index is 11.5. The van der Waals surface area contributed by atoms with Crippen LogP contribution in [-0.2, 0) is 9.53 Å². The fourth-order valence-electron chi connectivity index (χ4n) is 1.88. The second-order valence-corrected chi connectivity index (χ2v) is 4.74. The summed E-state index contributed by atoms with van der Waals surface area (Å²) in [4.78, 5) is 25.5. The second-order valence-electron chi connectivity index (χ2n) is 4.74. The van der Waals surface area contributed by atoms with Crippen LogP contribution >= 0.6 is 0 Å². The molecule has 1 fully saturated rings. The number of rotatable bonds is 5. The van der Waals surface area contributed by atoms with Gasteiger partial charge in [-0.1, -0.05) is 0 Å². The van der Waals surface area contributed by atoms with Crippen LogP contribution in [0, 0.1) is 0 Å². The van der Waals surface area contributed by atoms with Crippen molar-refractivity contribution in [1.29, 1.82) is 0 Å². The zero-order chi connectivity index (χ0) is 15.4. The van der Waals surface area contributed by atoms with E-state index in [0.29, 0.717) is 13.2 Å². The fraction of sp³-hybridized carbons (Fsp3) is 0.636. The van der Waals surface area contributed by atoms with Crippen molar-refractivity contribution in [2.45, 2.75) is 26.0 Å². The topological polar surface area (TPSA) is 142 Å². The zero-order valence-electron chi connectivity index (χ0n) is 11.9. The number of carbonyl (C=O) groups is 1. The molecule has 0 radical (unpaired) electrons. The van der Waals surface area contributed by atoms with Gasteiger partial charge in [0, 0.05) is 6.54 Å². The van der Waals surface area contributed by atoms with Crippen molar-refractivity contribution >= 4 is 17.8 Å². The van der Waals surface area contributed by atoms with Crippen molar-refractivity contribution in [3.8, 4) is 6.01 Å². The summed E-state index contributed by atoms with van der Waals surface area (Å²) in [6.45, 7) is 4.76. The number of hydrazine groups is 1. The van der Waals surface area contributed by atoms with Crippen LogP contribution in [0.15, 0.2) is 0 Å². The van der Waals surface area contributed by atoms with E-state index in [9.17, 15) is 4.79 Å². The van der Waals surface area contributed by atoms with Gasteiger partial charge >= 0.3 is 6.01 Å². The number of aromatic nitrogens is 3. The number of ether oxygens (including phenoxy) is 2. The molecule has 2 heterocycles. The monoisotopic (exact) mass is 297 g/mol. The first-order valence-electron chi connectivity index (χ1n) is 6.54. The molecule has 0 aromatic carbocycles. The van der Waals surface area contributed by atoms with E-state index in [1.54, 1.807) is 4.90 Å². The Kier molecular flexibility index (Phi) is 4.70. The lowest BCUT2D eigenvalue weighted by molar-refractivity contribution is -0.121. The molecule has 10 heteroatoms. The number of nitrogens with two attached hydrogens (primary N) is 2. The van der Waals surface area contributed by atoms with E-state index in [0.717, 1.165) is 0 Å². The molecule has 1 unspecified atom stereocenters. The number of nitrogen functional groups attached to an aromatic ring is 1. The number of hydrogen-bond acceptors (Lipinski definition) is 9. The van der Waals surface area contributed by atoms with Gasteiger partial charge in [0.2, 0.25) is 17.8 Å². The normalized spacial score (nSPS) is 18.7. The zero-order valence-corrected chi connectivity index (χ0v) is 11.9. The lowest BCUT2D eigenvalue weighted by atomic mass is 10.2. The first-order valence-corrected chi connectivity index (χ1v) is 6.54. The maximum absolute atomic E-state index is 11.5. The third-order valence-corrected chi connectivity index (χ3v) is 2.79. The number of carbonyl (C=O) groups excluding carboxylic acids is 1.